The summed E-state index contributed by atoms with van der Waals surface area (Å²) >= 11 is 0. The van der Waals surface area contributed by atoms with Crippen LogP contribution in [0.25, 0.3) is 5.57 Å². The molecular formula is C10H11NO2. The van der Waals surface area contributed by atoms with Crippen molar-refractivity contribution >= 4 is 5.57 Å². The molecule has 0 radical (unpaired) electrons. The molecule has 0 atom stereocenters. The molecule has 0 unspecified atom stereocenters. The van der Waals surface area contributed by atoms with Gasteiger partial charge >= 0.3 is 0 Å². The van der Waals surface area contributed by atoms with Crippen LogP contribution in [0.5, 0.6) is 11.5 Å². The third-order valence-corrected chi connectivity index (χ3v) is 1.72. The summed E-state index contributed by atoms with van der Waals surface area (Å²) in [6.45, 7) is 3.71. The predicted octanol–water partition coefficient (Wildman–Crippen LogP) is 1.22. The fourth-order valence-corrected chi connectivity index (χ4v) is 1.05. The van der Waals surface area contributed by atoms with E-state index in [1.807, 2.05) is 0 Å². The van der Waals surface area contributed by atoms with Crippen LogP contribution in [-0.2, 0) is 0 Å². The van der Waals surface area contributed by atoms with E-state index in [0.717, 1.165) is 0 Å². The second kappa shape index (κ2) is 3.81. The first-order valence-corrected chi connectivity index (χ1v) is 3.80. The summed E-state index contributed by atoms with van der Waals surface area (Å²) in [5.41, 5.74) is 9.21. The Balaban J connectivity index is 3.23. The Morgan fingerprint density at radius 1 is 1.46 bits per heavy atom. The highest BCUT2D eigenvalue weighted by molar-refractivity contribution is 5.71. The van der Waals surface area contributed by atoms with Crippen molar-refractivity contribution in [3.63, 3.8) is 0 Å². The van der Waals surface area contributed by atoms with E-state index in [1.165, 1.54) is 12.1 Å². The van der Waals surface area contributed by atoms with Crippen molar-refractivity contribution in [2.24, 2.45) is 5.73 Å². The Kier molecular flexibility index (Phi) is 2.75. The number of rotatable bonds is 2. The number of phenolic OH excluding ortho intramolecular Hbond substituents is 2. The van der Waals surface area contributed by atoms with E-state index in [4.69, 9.17) is 10.8 Å². The maximum atomic E-state index is 9.42. The van der Waals surface area contributed by atoms with Crippen LogP contribution in [0, 0.1) is 0 Å². The van der Waals surface area contributed by atoms with Gasteiger partial charge in [-0.15, -0.1) is 5.73 Å². The monoisotopic (exact) mass is 177 g/mol. The van der Waals surface area contributed by atoms with Gasteiger partial charge < -0.3 is 15.9 Å². The van der Waals surface area contributed by atoms with Crippen LogP contribution in [0.1, 0.15) is 5.56 Å². The van der Waals surface area contributed by atoms with Crippen molar-refractivity contribution in [3.8, 4) is 11.5 Å². The Morgan fingerprint density at radius 2 is 2.15 bits per heavy atom. The van der Waals surface area contributed by atoms with Gasteiger partial charge in [-0.1, -0.05) is 6.58 Å². The second-order valence-corrected chi connectivity index (χ2v) is 2.56. The largest absolute Gasteiger partial charge is 0.508 e. The number of hydrogen-bond acceptors (Lipinski definition) is 3. The Labute approximate surface area is 76.4 Å². The molecule has 3 heteroatoms. The molecule has 4 N–H and O–H groups in total. The Morgan fingerprint density at radius 3 is 2.62 bits per heavy atom. The molecule has 0 spiro atoms. The molecule has 1 aromatic carbocycles. The average Bonchev–Trinajstić information content (AvgIpc) is 2.10. The molecule has 0 saturated carbocycles. The minimum Gasteiger partial charge on any atom is -0.508 e. The molecule has 3 nitrogen and oxygen atoms in total. The topological polar surface area (TPSA) is 66.5 Å². The quantitative estimate of drug-likeness (QED) is 0.595. The third-order valence-electron chi connectivity index (χ3n) is 1.72. The SMILES string of the molecule is C=C=C(CN)c1ccc(O)cc1O. The lowest BCUT2D eigenvalue weighted by Gasteiger charge is -2.04. The summed E-state index contributed by atoms with van der Waals surface area (Å²) < 4.78 is 0. The van der Waals surface area contributed by atoms with Gasteiger partial charge in [-0.3, -0.25) is 0 Å². The zero-order valence-electron chi connectivity index (χ0n) is 7.12. The van der Waals surface area contributed by atoms with Gasteiger partial charge in [0.15, 0.2) is 0 Å². The lowest BCUT2D eigenvalue weighted by atomic mass is 10.1. The first-order valence-electron chi connectivity index (χ1n) is 3.80. The normalized spacial score (nSPS) is 9.31. The van der Waals surface area contributed by atoms with Crippen LogP contribution in [-0.4, -0.2) is 16.8 Å². The van der Waals surface area contributed by atoms with Crippen molar-refractivity contribution < 1.29 is 10.2 Å². The molecule has 0 fully saturated rings. The molecule has 68 valence electrons. The summed E-state index contributed by atoms with van der Waals surface area (Å²) in [7, 11) is 0. The van der Waals surface area contributed by atoms with Crippen molar-refractivity contribution in [2.75, 3.05) is 6.54 Å². The lowest BCUT2D eigenvalue weighted by molar-refractivity contribution is 0.449. The van der Waals surface area contributed by atoms with Crippen LogP contribution in [0.3, 0.4) is 0 Å². The average molecular weight is 177 g/mol. The van der Waals surface area contributed by atoms with E-state index >= 15 is 0 Å². The van der Waals surface area contributed by atoms with Gasteiger partial charge in [0.1, 0.15) is 11.5 Å². The highest BCUT2D eigenvalue weighted by Crippen LogP contribution is 2.27. The van der Waals surface area contributed by atoms with E-state index in [-0.39, 0.29) is 18.0 Å². The van der Waals surface area contributed by atoms with Gasteiger partial charge in [-0.25, -0.2) is 0 Å². The van der Waals surface area contributed by atoms with Crippen molar-refractivity contribution in [3.05, 3.63) is 36.1 Å². The molecular weight excluding hydrogens is 166 g/mol. The first-order chi connectivity index (χ1) is 6.19. The lowest BCUT2D eigenvalue weighted by Crippen LogP contribution is -2.01. The van der Waals surface area contributed by atoms with Crippen molar-refractivity contribution in [1.82, 2.24) is 0 Å². The molecule has 0 saturated heterocycles. The highest BCUT2D eigenvalue weighted by Gasteiger charge is 2.05. The fraction of sp³-hybridized carbons (Fsp3) is 0.100. The minimum atomic E-state index is -0.0170. The van der Waals surface area contributed by atoms with Gasteiger partial charge in [0, 0.05) is 23.7 Å². The molecule has 13 heavy (non-hydrogen) atoms. The van der Waals surface area contributed by atoms with Crippen LogP contribution in [0.2, 0.25) is 0 Å². The standard InChI is InChI=1S/C10H11NO2/c1-2-7(6-11)9-4-3-8(12)5-10(9)13/h3-5,12-13H,1,6,11H2. The van der Waals surface area contributed by atoms with Gasteiger partial charge in [-0.2, -0.15) is 0 Å². The van der Waals surface area contributed by atoms with E-state index in [9.17, 15) is 5.11 Å². The Hall–Kier alpha value is -1.70. The van der Waals surface area contributed by atoms with E-state index in [2.05, 4.69) is 12.3 Å². The summed E-state index contributed by atoms with van der Waals surface area (Å²) in [6.07, 6.45) is 0. The third kappa shape index (κ3) is 1.90. The molecule has 0 aliphatic rings. The molecule has 0 aliphatic carbocycles. The zero-order valence-corrected chi connectivity index (χ0v) is 7.12. The Bertz CT molecular complexity index is 365. The van der Waals surface area contributed by atoms with Gasteiger partial charge in [-0.05, 0) is 12.1 Å². The van der Waals surface area contributed by atoms with Crippen LogP contribution < -0.4 is 5.73 Å². The molecule has 0 heterocycles. The number of phenols is 2. The maximum absolute atomic E-state index is 9.42. The van der Waals surface area contributed by atoms with E-state index < -0.39 is 0 Å². The van der Waals surface area contributed by atoms with Crippen molar-refractivity contribution in [1.29, 1.82) is 0 Å². The van der Waals surface area contributed by atoms with Gasteiger partial charge in [0.25, 0.3) is 0 Å². The first kappa shape index (κ1) is 9.39. The molecule has 0 aromatic heterocycles. The molecule has 0 aliphatic heterocycles. The number of aromatic hydroxyl groups is 2. The predicted molar refractivity (Wildman–Crippen MR) is 51.4 cm³/mol. The van der Waals surface area contributed by atoms with Crippen LogP contribution in [0.15, 0.2) is 30.5 Å². The summed E-state index contributed by atoms with van der Waals surface area (Å²) in [6, 6.07) is 4.30. The van der Waals surface area contributed by atoms with E-state index in [1.54, 1.807) is 6.07 Å². The van der Waals surface area contributed by atoms with Gasteiger partial charge in [0.2, 0.25) is 0 Å². The second-order valence-electron chi connectivity index (χ2n) is 2.56. The summed E-state index contributed by atoms with van der Waals surface area (Å²) in [4.78, 5) is 0. The summed E-state index contributed by atoms with van der Waals surface area (Å²) in [5, 5.41) is 18.4. The smallest absolute Gasteiger partial charge is 0.127 e. The maximum Gasteiger partial charge on any atom is 0.127 e. The zero-order chi connectivity index (χ0) is 9.84. The highest BCUT2D eigenvalue weighted by atomic mass is 16.3. The summed E-state index contributed by atoms with van der Waals surface area (Å²) in [5.74, 6) is -0.00159. The number of hydrogen-bond donors (Lipinski definition) is 3. The molecule has 1 aromatic rings. The minimum absolute atomic E-state index is 0.0154. The van der Waals surface area contributed by atoms with Gasteiger partial charge in [0.05, 0.1) is 0 Å². The van der Waals surface area contributed by atoms with Crippen LogP contribution in [0.4, 0.5) is 0 Å². The van der Waals surface area contributed by atoms with Crippen molar-refractivity contribution in [2.45, 2.75) is 0 Å². The van der Waals surface area contributed by atoms with Crippen LogP contribution >= 0.6 is 0 Å². The number of nitrogens with two attached hydrogens (primary N) is 1. The fourth-order valence-electron chi connectivity index (χ4n) is 1.05. The molecule has 0 bridgehead atoms. The molecule has 0 amide bonds. The molecule has 1 rings (SSSR count). The number of benzene rings is 1. The van der Waals surface area contributed by atoms with E-state index in [0.29, 0.717) is 11.1 Å².